The van der Waals surface area contributed by atoms with Crippen LogP contribution < -0.4 is 4.74 Å². The summed E-state index contributed by atoms with van der Waals surface area (Å²) in [5, 5.41) is 10.1. The Morgan fingerprint density at radius 2 is 2.38 bits per heavy atom. The third-order valence-corrected chi connectivity index (χ3v) is 3.83. The molecular weight excluding hydrogens is 268 g/mol. The molecule has 1 aliphatic carbocycles. The first-order valence-electron chi connectivity index (χ1n) is 7.20. The second-order valence-electron chi connectivity index (χ2n) is 5.19. The largest absolute Gasteiger partial charge is 0.486 e. The summed E-state index contributed by atoms with van der Waals surface area (Å²) >= 11 is 0. The van der Waals surface area contributed by atoms with E-state index in [1.54, 1.807) is 13.0 Å². The average molecular weight is 286 g/mol. The van der Waals surface area contributed by atoms with Crippen LogP contribution in [0.25, 0.3) is 6.08 Å². The van der Waals surface area contributed by atoms with Gasteiger partial charge in [0.2, 0.25) is 0 Å². The summed E-state index contributed by atoms with van der Waals surface area (Å²) in [6.45, 7) is 2.13. The zero-order valence-electron chi connectivity index (χ0n) is 11.9. The molecule has 110 valence electrons. The van der Waals surface area contributed by atoms with Gasteiger partial charge < -0.3 is 14.6 Å². The lowest BCUT2D eigenvalue weighted by molar-refractivity contribution is -0.137. The summed E-state index contributed by atoms with van der Waals surface area (Å²) < 4.78 is 10.8. The van der Waals surface area contributed by atoms with Crippen LogP contribution in [0.15, 0.2) is 36.4 Å². The van der Waals surface area contributed by atoms with E-state index >= 15 is 0 Å². The van der Waals surface area contributed by atoms with Crippen molar-refractivity contribution in [2.45, 2.75) is 31.5 Å². The van der Waals surface area contributed by atoms with E-state index in [-0.39, 0.29) is 18.0 Å². The second kappa shape index (κ2) is 5.74. The molecule has 1 aliphatic heterocycles. The number of carbonyl (C=O) groups is 1. The number of fused-ring (bicyclic) bond motifs is 3. The molecule has 1 aromatic rings. The first-order chi connectivity index (χ1) is 10.2. The van der Waals surface area contributed by atoms with Gasteiger partial charge in [-0.2, -0.15) is 0 Å². The first-order valence-corrected chi connectivity index (χ1v) is 7.20. The van der Waals surface area contributed by atoms with Crippen LogP contribution in [0.4, 0.5) is 0 Å². The van der Waals surface area contributed by atoms with Crippen LogP contribution >= 0.6 is 0 Å². The fraction of sp³-hybridized carbons (Fsp3) is 0.353. The highest BCUT2D eigenvalue weighted by molar-refractivity contribution is 5.87. The van der Waals surface area contributed by atoms with E-state index in [1.807, 2.05) is 24.3 Å². The number of benzene rings is 1. The van der Waals surface area contributed by atoms with E-state index in [9.17, 15) is 9.90 Å². The highest BCUT2D eigenvalue weighted by Crippen LogP contribution is 2.44. The SMILES string of the molecule is CCOC(=O)/C=C/c1cccc2c1O[C@H]1[C@H](O)CC=C[C@@H]21. The van der Waals surface area contributed by atoms with Crippen molar-refractivity contribution in [3.05, 3.63) is 47.6 Å². The molecule has 3 atom stereocenters. The van der Waals surface area contributed by atoms with Gasteiger partial charge in [0.15, 0.2) is 0 Å². The maximum absolute atomic E-state index is 11.4. The van der Waals surface area contributed by atoms with Crippen molar-refractivity contribution in [2.24, 2.45) is 0 Å². The first kappa shape index (κ1) is 13.9. The van der Waals surface area contributed by atoms with E-state index in [4.69, 9.17) is 9.47 Å². The molecule has 0 spiro atoms. The van der Waals surface area contributed by atoms with Gasteiger partial charge in [-0.05, 0) is 19.4 Å². The summed E-state index contributed by atoms with van der Waals surface area (Å²) in [6.07, 6.45) is 7.06. The number of aliphatic hydroxyl groups excluding tert-OH is 1. The molecule has 0 bridgehead atoms. The van der Waals surface area contributed by atoms with Crippen molar-refractivity contribution in [2.75, 3.05) is 6.61 Å². The predicted molar refractivity (Wildman–Crippen MR) is 79.0 cm³/mol. The lowest BCUT2D eigenvalue weighted by Gasteiger charge is -2.24. The lowest BCUT2D eigenvalue weighted by atomic mass is 9.86. The minimum absolute atomic E-state index is 0.0830. The number of carbonyl (C=O) groups excluding carboxylic acids is 1. The molecule has 0 amide bonds. The van der Waals surface area contributed by atoms with Crippen molar-refractivity contribution in [1.82, 2.24) is 0 Å². The monoisotopic (exact) mass is 286 g/mol. The maximum Gasteiger partial charge on any atom is 0.330 e. The zero-order valence-corrected chi connectivity index (χ0v) is 11.9. The van der Waals surface area contributed by atoms with Crippen LogP contribution in [0.3, 0.4) is 0 Å². The fourth-order valence-electron chi connectivity index (χ4n) is 2.87. The molecule has 1 heterocycles. The van der Waals surface area contributed by atoms with E-state index < -0.39 is 6.10 Å². The molecule has 4 heteroatoms. The Hall–Kier alpha value is -2.07. The summed E-state index contributed by atoms with van der Waals surface area (Å²) in [5.74, 6) is 0.462. The predicted octanol–water partition coefficient (Wildman–Crippen LogP) is 2.43. The molecule has 0 aromatic heterocycles. The van der Waals surface area contributed by atoms with Gasteiger partial charge >= 0.3 is 5.97 Å². The molecule has 1 aromatic carbocycles. The highest BCUT2D eigenvalue weighted by atomic mass is 16.5. The fourth-order valence-corrected chi connectivity index (χ4v) is 2.87. The van der Waals surface area contributed by atoms with Crippen LogP contribution in [0.1, 0.15) is 30.4 Å². The standard InChI is InChI=1S/C17H18O4/c1-2-20-15(19)10-9-11-5-3-6-12-13-7-4-8-14(18)17(13)21-16(11)12/h3-7,9-10,13-14,17-18H,2,8H2,1H3/b10-9+/t13-,14+,17+/m0/s1. The van der Waals surface area contributed by atoms with Gasteiger partial charge in [-0.15, -0.1) is 0 Å². The van der Waals surface area contributed by atoms with Crippen molar-refractivity contribution >= 4 is 12.0 Å². The summed E-state index contributed by atoms with van der Waals surface area (Å²) in [5.41, 5.74) is 1.89. The third kappa shape index (κ3) is 2.59. The Bertz CT molecular complexity index is 603. The van der Waals surface area contributed by atoms with E-state index in [0.29, 0.717) is 13.0 Å². The molecule has 0 saturated carbocycles. The molecule has 0 saturated heterocycles. The molecular formula is C17H18O4. The molecule has 21 heavy (non-hydrogen) atoms. The Balaban J connectivity index is 1.89. The molecule has 3 rings (SSSR count). The molecule has 2 aliphatic rings. The van der Waals surface area contributed by atoms with Gasteiger partial charge in [-0.25, -0.2) is 4.79 Å². The normalized spacial score (nSPS) is 26.3. The minimum atomic E-state index is -0.491. The van der Waals surface area contributed by atoms with Crippen LogP contribution in [0.2, 0.25) is 0 Å². The smallest absolute Gasteiger partial charge is 0.330 e. The molecule has 1 N–H and O–H groups in total. The van der Waals surface area contributed by atoms with Crippen molar-refractivity contribution in [1.29, 1.82) is 0 Å². The Morgan fingerprint density at radius 1 is 1.52 bits per heavy atom. The number of hydrogen-bond donors (Lipinski definition) is 1. The summed E-state index contributed by atoms with van der Waals surface area (Å²) in [4.78, 5) is 11.4. The Kier molecular flexibility index (Phi) is 3.80. The summed E-state index contributed by atoms with van der Waals surface area (Å²) in [6, 6.07) is 5.83. The Labute approximate surface area is 123 Å². The van der Waals surface area contributed by atoms with Gasteiger partial charge in [-0.1, -0.05) is 30.4 Å². The van der Waals surface area contributed by atoms with E-state index in [0.717, 1.165) is 16.9 Å². The number of rotatable bonds is 3. The lowest BCUT2D eigenvalue weighted by Crippen LogP contribution is -2.34. The minimum Gasteiger partial charge on any atom is -0.486 e. The zero-order chi connectivity index (χ0) is 14.8. The summed E-state index contributed by atoms with van der Waals surface area (Å²) in [7, 11) is 0. The van der Waals surface area contributed by atoms with Gasteiger partial charge in [0.1, 0.15) is 11.9 Å². The Morgan fingerprint density at radius 3 is 3.19 bits per heavy atom. The highest BCUT2D eigenvalue weighted by Gasteiger charge is 2.39. The molecule has 0 fully saturated rings. The number of esters is 1. The van der Waals surface area contributed by atoms with Gasteiger partial charge in [0.05, 0.1) is 12.7 Å². The number of para-hydroxylation sites is 1. The number of hydrogen-bond acceptors (Lipinski definition) is 4. The van der Waals surface area contributed by atoms with Crippen LogP contribution in [0.5, 0.6) is 5.75 Å². The quantitative estimate of drug-likeness (QED) is 0.527. The number of ether oxygens (including phenoxy) is 2. The topological polar surface area (TPSA) is 55.8 Å². The van der Waals surface area contributed by atoms with Crippen molar-refractivity contribution in [3.63, 3.8) is 0 Å². The second-order valence-corrected chi connectivity index (χ2v) is 5.19. The van der Waals surface area contributed by atoms with Crippen molar-refractivity contribution in [3.8, 4) is 5.75 Å². The third-order valence-electron chi connectivity index (χ3n) is 3.83. The maximum atomic E-state index is 11.4. The van der Waals surface area contributed by atoms with Gasteiger partial charge in [0, 0.05) is 23.1 Å². The molecule has 0 unspecified atom stereocenters. The van der Waals surface area contributed by atoms with Crippen LogP contribution in [0, 0.1) is 0 Å². The molecule has 4 nitrogen and oxygen atoms in total. The van der Waals surface area contributed by atoms with Gasteiger partial charge in [0.25, 0.3) is 0 Å². The van der Waals surface area contributed by atoms with Gasteiger partial charge in [-0.3, -0.25) is 0 Å². The van der Waals surface area contributed by atoms with Crippen molar-refractivity contribution < 1.29 is 19.4 Å². The molecule has 0 radical (unpaired) electrons. The average Bonchev–Trinajstić information content (AvgIpc) is 2.86. The van der Waals surface area contributed by atoms with Crippen LogP contribution in [-0.4, -0.2) is 29.9 Å². The number of aliphatic hydroxyl groups is 1. The van der Waals surface area contributed by atoms with E-state index in [1.165, 1.54) is 6.08 Å². The van der Waals surface area contributed by atoms with E-state index in [2.05, 4.69) is 6.08 Å². The van der Waals surface area contributed by atoms with Crippen LogP contribution in [-0.2, 0) is 9.53 Å².